The Bertz CT molecular complexity index is 487. The molecule has 0 saturated carbocycles. The van der Waals surface area contributed by atoms with Gasteiger partial charge in [-0.2, -0.15) is 0 Å². The zero-order chi connectivity index (χ0) is 10.8. The van der Waals surface area contributed by atoms with Crippen LogP contribution in [-0.4, -0.2) is 15.8 Å². The lowest BCUT2D eigenvalue weighted by atomic mass is 10.2. The van der Waals surface area contributed by atoms with Crippen LogP contribution in [0, 0.1) is 13.8 Å². The van der Waals surface area contributed by atoms with Crippen LogP contribution < -0.4 is 0 Å². The van der Waals surface area contributed by atoms with Crippen LogP contribution in [-0.2, 0) is 6.42 Å². The number of aryl methyl sites for hydroxylation is 2. The second-order valence-corrected chi connectivity index (χ2v) is 5.14. The normalized spacial score (nSPS) is 10.5. The van der Waals surface area contributed by atoms with Crippen molar-refractivity contribution in [1.82, 2.24) is 9.97 Å². The second kappa shape index (κ2) is 4.20. The number of rotatable bonds is 3. The molecule has 0 spiro atoms. The summed E-state index contributed by atoms with van der Waals surface area (Å²) < 4.78 is 0. The van der Waals surface area contributed by atoms with Crippen LogP contribution in [0.2, 0.25) is 0 Å². The van der Waals surface area contributed by atoms with Gasteiger partial charge in [0.05, 0.1) is 33.2 Å². The molecule has 0 aliphatic heterocycles. The number of nitrogens with zero attached hydrogens (tertiary/aromatic N) is 2. The van der Waals surface area contributed by atoms with Crippen molar-refractivity contribution in [2.45, 2.75) is 20.3 Å². The minimum Gasteiger partial charge on any atom is -0.293 e. The Morgan fingerprint density at radius 2 is 2.20 bits per heavy atom. The second-order valence-electron chi connectivity index (χ2n) is 3.22. The SMILES string of the molecule is Cc1nc(CC(=O)c2scnc2C)cs1. The van der Waals surface area contributed by atoms with Crippen molar-refractivity contribution in [3.05, 3.63) is 32.2 Å². The van der Waals surface area contributed by atoms with Gasteiger partial charge in [-0.3, -0.25) is 4.79 Å². The topological polar surface area (TPSA) is 42.9 Å². The highest BCUT2D eigenvalue weighted by atomic mass is 32.1. The van der Waals surface area contributed by atoms with Gasteiger partial charge in [-0.15, -0.1) is 22.7 Å². The van der Waals surface area contributed by atoms with E-state index in [0.29, 0.717) is 6.42 Å². The summed E-state index contributed by atoms with van der Waals surface area (Å²) in [7, 11) is 0. The molecule has 0 aliphatic carbocycles. The number of aromatic nitrogens is 2. The molecule has 0 aromatic carbocycles. The summed E-state index contributed by atoms with van der Waals surface area (Å²) in [6, 6.07) is 0. The van der Waals surface area contributed by atoms with Gasteiger partial charge in [-0.1, -0.05) is 0 Å². The molecule has 2 heterocycles. The van der Waals surface area contributed by atoms with Gasteiger partial charge in [-0.05, 0) is 13.8 Å². The first-order chi connectivity index (χ1) is 7.16. The van der Waals surface area contributed by atoms with Gasteiger partial charge in [0.1, 0.15) is 0 Å². The van der Waals surface area contributed by atoms with Crippen LogP contribution in [0.4, 0.5) is 0 Å². The summed E-state index contributed by atoms with van der Waals surface area (Å²) >= 11 is 2.97. The van der Waals surface area contributed by atoms with Crippen LogP contribution in [0.15, 0.2) is 10.9 Å². The zero-order valence-electron chi connectivity index (χ0n) is 8.48. The zero-order valence-corrected chi connectivity index (χ0v) is 10.1. The molecule has 0 bridgehead atoms. The molecule has 78 valence electrons. The van der Waals surface area contributed by atoms with E-state index >= 15 is 0 Å². The van der Waals surface area contributed by atoms with E-state index in [1.165, 1.54) is 11.3 Å². The molecule has 2 rings (SSSR count). The van der Waals surface area contributed by atoms with E-state index < -0.39 is 0 Å². The molecule has 0 unspecified atom stereocenters. The first-order valence-electron chi connectivity index (χ1n) is 4.51. The van der Waals surface area contributed by atoms with E-state index in [-0.39, 0.29) is 5.78 Å². The molecule has 0 fully saturated rings. The van der Waals surface area contributed by atoms with E-state index in [9.17, 15) is 4.79 Å². The molecule has 0 amide bonds. The first-order valence-corrected chi connectivity index (χ1v) is 6.27. The molecular formula is C10H10N2OS2. The summed E-state index contributed by atoms with van der Waals surface area (Å²) in [6.07, 6.45) is 0.382. The maximum absolute atomic E-state index is 11.8. The van der Waals surface area contributed by atoms with Gasteiger partial charge in [0, 0.05) is 5.38 Å². The maximum Gasteiger partial charge on any atom is 0.180 e. The van der Waals surface area contributed by atoms with E-state index in [1.807, 2.05) is 19.2 Å². The Morgan fingerprint density at radius 3 is 2.73 bits per heavy atom. The van der Waals surface area contributed by atoms with E-state index in [4.69, 9.17) is 0 Å². The highest BCUT2D eigenvalue weighted by Crippen LogP contribution is 2.16. The molecule has 0 atom stereocenters. The summed E-state index contributed by atoms with van der Waals surface area (Å²) in [5, 5.41) is 2.93. The van der Waals surface area contributed by atoms with Crippen LogP contribution in [0.5, 0.6) is 0 Å². The van der Waals surface area contributed by atoms with Crippen molar-refractivity contribution in [1.29, 1.82) is 0 Å². The van der Waals surface area contributed by atoms with Crippen molar-refractivity contribution in [2.24, 2.45) is 0 Å². The molecule has 15 heavy (non-hydrogen) atoms. The average molecular weight is 238 g/mol. The molecule has 2 aromatic rings. The highest BCUT2D eigenvalue weighted by molar-refractivity contribution is 7.12. The molecule has 2 aromatic heterocycles. The largest absolute Gasteiger partial charge is 0.293 e. The van der Waals surface area contributed by atoms with Crippen molar-refractivity contribution in [3.63, 3.8) is 0 Å². The number of carbonyl (C=O) groups excluding carboxylic acids is 1. The smallest absolute Gasteiger partial charge is 0.180 e. The predicted molar refractivity (Wildman–Crippen MR) is 61.7 cm³/mol. The number of hydrogen-bond donors (Lipinski definition) is 0. The Hall–Kier alpha value is -1.07. The first kappa shape index (κ1) is 10.4. The Labute approximate surface area is 95.8 Å². The average Bonchev–Trinajstić information content (AvgIpc) is 2.75. The quantitative estimate of drug-likeness (QED) is 0.772. The summed E-state index contributed by atoms with van der Waals surface area (Å²) in [5.74, 6) is 0.111. The standard InChI is InChI=1S/C10H10N2OS2/c1-6-10(15-5-11-6)9(13)3-8-4-14-7(2)12-8/h4-5H,3H2,1-2H3. The minimum atomic E-state index is 0.111. The van der Waals surface area contributed by atoms with E-state index in [1.54, 1.807) is 16.8 Å². The maximum atomic E-state index is 11.8. The third kappa shape index (κ3) is 2.30. The summed E-state index contributed by atoms with van der Waals surface area (Å²) in [6.45, 7) is 3.80. The van der Waals surface area contributed by atoms with Gasteiger partial charge in [-0.25, -0.2) is 9.97 Å². The van der Waals surface area contributed by atoms with Crippen LogP contribution in [0.3, 0.4) is 0 Å². The van der Waals surface area contributed by atoms with Gasteiger partial charge in [0.15, 0.2) is 5.78 Å². The van der Waals surface area contributed by atoms with Crippen LogP contribution in [0.25, 0.3) is 0 Å². The third-order valence-corrected chi connectivity index (χ3v) is 3.80. The summed E-state index contributed by atoms with van der Waals surface area (Å²) in [5.41, 5.74) is 3.38. The third-order valence-electron chi connectivity index (χ3n) is 2.01. The molecule has 3 nitrogen and oxygen atoms in total. The fourth-order valence-electron chi connectivity index (χ4n) is 1.30. The van der Waals surface area contributed by atoms with Gasteiger partial charge < -0.3 is 0 Å². The summed E-state index contributed by atoms with van der Waals surface area (Å²) in [4.78, 5) is 20.9. The number of thiazole rings is 2. The highest BCUT2D eigenvalue weighted by Gasteiger charge is 2.13. The molecule has 0 saturated heterocycles. The molecular weight excluding hydrogens is 228 g/mol. The Balaban J connectivity index is 2.14. The van der Waals surface area contributed by atoms with Crippen LogP contribution in [0.1, 0.15) is 26.1 Å². The lowest BCUT2D eigenvalue weighted by Crippen LogP contribution is -2.03. The van der Waals surface area contributed by atoms with Crippen molar-refractivity contribution in [3.8, 4) is 0 Å². The van der Waals surface area contributed by atoms with Crippen molar-refractivity contribution < 1.29 is 4.79 Å². The predicted octanol–water partition coefficient (Wildman–Crippen LogP) is 2.64. The molecule has 0 N–H and O–H groups in total. The van der Waals surface area contributed by atoms with Gasteiger partial charge in [0.25, 0.3) is 0 Å². The Morgan fingerprint density at radius 1 is 1.40 bits per heavy atom. The lowest BCUT2D eigenvalue weighted by Gasteiger charge is -1.95. The number of Topliss-reactive ketones (excluding diaryl/α,β-unsaturated/α-hetero) is 1. The lowest BCUT2D eigenvalue weighted by molar-refractivity contribution is 0.0995. The molecule has 0 radical (unpaired) electrons. The minimum absolute atomic E-state index is 0.111. The van der Waals surface area contributed by atoms with E-state index in [0.717, 1.165) is 21.3 Å². The van der Waals surface area contributed by atoms with Crippen molar-refractivity contribution >= 4 is 28.5 Å². The Kier molecular flexibility index (Phi) is 2.93. The molecule has 5 heteroatoms. The number of hydrogen-bond acceptors (Lipinski definition) is 5. The molecule has 0 aliphatic rings. The monoisotopic (exact) mass is 238 g/mol. The van der Waals surface area contributed by atoms with Gasteiger partial charge >= 0.3 is 0 Å². The van der Waals surface area contributed by atoms with Crippen LogP contribution >= 0.6 is 22.7 Å². The van der Waals surface area contributed by atoms with Gasteiger partial charge in [0.2, 0.25) is 0 Å². The number of carbonyl (C=O) groups is 1. The van der Waals surface area contributed by atoms with E-state index in [2.05, 4.69) is 9.97 Å². The number of ketones is 1. The fraction of sp³-hybridized carbons (Fsp3) is 0.300. The fourth-order valence-corrected chi connectivity index (χ4v) is 2.66. The van der Waals surface area contributed by atoms with Crippen molar-refractivity contribution in [2.75, 3.05) is 0 Å².